The Kier molecular flexibility index (Phi) is 3.98. The van der Waals surface area contributed by atoms with Gasteiger partial charge in [-0.15, -0.1) is 0 Å². The van der Waals surface area contributed by atoms with Gasteiger partial charge in [0.2, 0.25) is 0 Å². The van der Waals surface area contributed by atoms with Gasteiger partial charge in [-0.3, -0.25) is 0 Å². The SMILES string of the molecule is COc1ccc(-n2c(C#Cc3ccccc3)cc3ccccc32)cc1. The number of ether oxygens (including phenoxy) is 1. The molecule has 0 fully saturated rings. The zero-order valence-electron chi connectivity index (χ0n) is 13.9. The molecule has 1 heterocycles. The van der Waals surface area contributed by atoms with Crippen LogP contribution in [0.15, 0.2) is 84.9 Å². The van der Waals surface area contributed by atoms with E-state index >= 15 is 0 Å². The van der Waals surface area contributed by atoms with Crippen molar-refractivity contribution in [3.63, 3.8) is 0 Å². The number of rotatable bonds is 2. The minimum absolute atomic E-state index is 0.845. The number of hydrogen-bond donors (Lipinski definition) is 0. The molecule has 0 saturated heterocycles. The van der Waals surface area contributed by atoms with Gasteiger partial charge in [-0.1, -0.05) is 42.3 Å². The third-order valence-corrected chi connectivity index (χ3v) is 4.15. The van der Waals surface area contributed by atoms with Crippen molar-refractivity contribution in [1.29, 1.82) is 0 Å². The van der Waals surface area contributed by atoms with Gasteiger partial charge in [0.1, 0.15) is 5.75 Å². The summed E-state index contributed by atoms with van der Waals surface area (Å²) in [6, 6.07) is 28.6. The molecule has 0 amide bonds. The topological polar surface area (TPSA) is 14.2 Å². The summed E-state index contributed by atoms with van der Waals surface area (Å²) in [4.78, 5) is 0. The second-order valence-electron chi connectivity index (χ2n) is 5.74. The molecule has 0 unspecified atom stereocenters. The molecule has 0 aliphatic rings. The summed E-state index contributed by atoms with van der Waals surface area (Å²) < 4.78 is 7.46. The van der Waals surface area contributed by atoms with E-state index in [9.17, 15) is 0 Å². The second-order valence-corrected chi connectivity index (χ2v) is 5.74. The number of benzene rings is 3. The summed E-state index contributed by atoms with van der Waals surface area (Å²) in [6.07, 6.45) is 0. The maximum absolute atomic E-state index is 5.27. The number of methoxy groups -OCH3 is 1. The quantitative estimate of drug-likeness (QED) is 0.471. The van der Waals surface area contributed by atoms with Crippen LogP contribution in [0.3, 0.4) is 0 Å². The Morgan fingerprint density at radius 3 is 2.24 bits per heavy atom. The fraction of sp³-hybridized carbons (Fsp3) is 0.0435. The maximum atomic E-state index is 5.27. The van der Waals surface area contributed by atoms with Crippen LogP contribution in [-0.4, -0.2) is 11.7 Å². The first-order valence-electron chi connectivity index (χ1n) is 8.17. The monoisotopic (exact) mass is 323 g/mol. The molecule has 1 aromatic heterocycles. The van der Waals surface area contributed by atoms with E-state index in [4.69, 9.17) is 4.74 Å². The van der Waals surface area contributed by atoms with Crippen molar-refractivity contribution in [2.75, 3.05) is 7.11 Å². The summed E-state index contributed by atoms with van der Waals surface area (Å²) in [6.45, 7) is 0. The molecule has 4 aromatic rings. The van der Waals surface area contributed by atoms with E-state index < -0.39 is 0 Å². The van der Waals surface area contributed by atoms with Gasteiger partial charge in [0.15, 0.2) is 0 Å². The van der Waals surface area contributed by atoms with Crippen molar-refractivity contribution in [3.8, 4) is 23.3 Å². The molecule has 120 valence electrons. The lowest BCUT2D eigenvalue weighted by Gasteiger charge is -2.08. The molecule has 25 heavy (non-hydrogen) atoms. The van der Waals surface area contributed by atoms with Crippen molar-refractivity contribution in [3.05, 3.63) is 96.2 Å². The molecular formula is C23H17NO. The normalized spacial score (nSPS) is 10.3. The summed E-state index contributed by atoms with van der Waals surface area (Å²) in [7, 11) is 1.68. The van der Waals surface area contributed by atoms with E-state index in [-0.39, 0.29) is 0 Å². The van der Waals surface area contributed by atoms with E-state index in [1.807, 2.05) is 42.5 Å². The highest BCUT2D eigenvalue weighted by Crippen LogP contribution is 2.25. The van der Waals surface area contributed by atoms with Gasteiger partial charge in [-0.05, 0) is 54.5 Å². The fourth-order valence-corrected chi connectivity index (χ4v) is 2.91. The smallest absolute Gasteiger partial charge is 0.119 e. The van der Waals surface area contributed by atoms with Gasteiger partial charge in [-0.25, -0.2) is 0 Å². The zero-order chi connectivity index (χ0) is 17.1. The van der Waals surface area contributed by atoms with Gasteiger partial charge < -0.3 is 9.30 Å². The average Bonchev–Trinajstić information content (AvgIpc) is 3.05. The highest BCUT2D eigenvalue weighted by Gasteiger charge is 2.09. The molecule has 0 aliphatic carbocycles. The third-order valence-electron chi connectivity index (χ3n) is 4.15. The predicted octanol–water partition coefficient (Wildman–Crippen LogP) is 5.04. The lowest BCUT2D eigenvalue weighted by molar-refractivity contribution is 0.415. The summed E-state index contributed by atoms with van der Waals surface area (Å²) in [5, 5.41) is 1.18. The van der Waals surface area contributed by atoms with Crippen LogP contribution < -0.4 is 4.74 Å². The Morgan fingerprint density at radius 1 is 0.760 bits per heavy atom. The fourth-order valence-electron chi connectivity index (χ4n) is 2.91. The van der Waals surface area contributed by atoms with Crippen molar-refractivity contribution in [1.82, 2.24) is 4.57 Å². The predicted molar refractivity (Wildman–Crippen MR) is 102 cm³/mol. The Morgan fingerprint density at radius 2 is 1.48 bits per heavy atom. The highest BCUT2D eigenvalue weighted by atomic mass is 16.5. The first-order chi connectivity index (χ1) is 12.3. The molecule has 0 spiro atoms. The number of nitrogens with zero attached hydrogens (tertiary/aromatic N) is 1. The van der Waals surface area contributed by atoms with Crippen LogP contribution in [0.5, 0.6) is 5.75 Å². The standard InChI is InChI=1S/C23H17NO/c1-25-22-15-13-20(14-16-22)24-21(12-11-18-7-3-2-4-8-18)17-19-9-5-6-10-23(19)24/h2-10,13-17H,1H3. The molecule has 2 nitrogen and oxygen atoms in total. The van der Waals surface area contributed by atoms with E-state index in [1.165, 1.54) is 5.39 Å². The molecule has 4 rings (SSSR count). The van der Waals surface area contributed by atoms with Crippen molar-refractivity contribution in [2.45, 2.75) is 0 Å². The Bertz CT molecular complexity index is 1060. The Labute approximate surface area is 147 Å². The number of hydrogen-bond acceptors (Lipinski definition) is 1. The van der Waals surface area contributed by atoms with Crippen LogP contribution in [0.1, 0.15) is 11.3 Å². The van der Waals surface area contributed by atoms with Crippen LogP contribution in [0.2, 0.25) is 0 Å². The molecular weight excluding hydrogens is 306 g/mol. The summed E-state index contributed by atoms with van der Waals surface area (Å²) in [5.74, 6) is 7.43. The number of aromatic nitrogens is 1. The van der Waals surface area contributed by atoms with E-state index in [1.54, 1.807) is 7.11 Å². The van der Waals surface area contributed by atoms with Crippen LogP contribution in [0.4, 0.5) is 0 Å². The minimum Gasteiger partial charge on any atom is -0.497 e. The first-order valence-corrected chi connectivity index (χ1v) is 8.17. The van der Waals surface area contributed by atoms with Gasteiger partial charge in [0.25, 0.3) is 0 Å². The van der Waals surface area contributed by atoms with Crippen molar-refractivity contribution >= 4 is 10.9 Å². The Hall–Kier alpha value is -3.44. The highest BCUT2D eigenvalue weighted by molar-refractivity contribution is 5.84. The van der Waals surface area contributed by atoms with E-state index in [0.29, 0.717) is 0 Å². The lowest BCUT2D eigenvalue weighted by Crippen LogP contribution is -1.97. The molecule has 0 saturated carbocycles. The van der Waals surface area contributed by atoms with Crippen LogP contribution in [0, 0.1) is 11.8 Å². The van der Waals surface area contributed by atoms with Crippen LogP contribution in [0.25, 0.3) is 16.6 Å². The molecule has 0 bridgehead atoms. The van der Waals surface area contributed by atoms with Gasteiger partial charge >= 0.3 is 0 Å². The molecule has 0 aliphatic heterocycles. The van der Waals surface area contributed by atoms with E-state index in [0.717, 1.165) is 28.2 Å². The molecule has 2 heteroatoms. The summed E-state index contributed by atoms with van der Waals surface area (Å²) >= 11 is 0. The number of para-hydroxylation sites is 1. The number of fused-ring (bicyclic) bond motifs is 1. The second kappa shape index (κ2) is 6.59. The van der Waals surface area contributed by atoms with Crippen LogP contribution >= 0.6 is 0 Å². The van der Waals surface area contributed by atoms with Crippen molar-refractivity contribution < 1.29 is 4.74 Å². The maximum Gasteiger partial charge on any atom is 0.119 e. The average molecular weight is 323 g/mol. The van der Waals surface area contributed by atoms with Gasteiger partial charge in [0.05, 0.1) is 18.3 Å². The lowest BCUT2D eigenvalue weighted by atomic mass is 10.2. The molecule has 0 radical (unpaired) electrons. The zero-order valence-corrected chi connectivity index (χ0v) is 13.9. The minimum atomic E-state index is 0.845. The first kappa shape index (κ1) is 15.1. The largest absolute Gasteiger partial charge is 0.497 e. The molecule has 0 N–H and O–H groups in total. The molecule has 0 atom stereocenters. The third kappa shape index (κ3) is 3.00. The van der Waals surface area contributed by atoms with Crippen molar-refractivity contribution in [2.24, 2.45) is 0 Å². The summed E-state index contributed by atoms with van der Waals surface area (Å²) in [5.41, 5.74) is 4.19. The van der Waals surface area contributed by atoms with Gasteiger partial charge in [-0.2, -0.15) is 0 Å². The van der Waals surface area contributed by atoms with Gasteiger partial charge in [0, 0.05) is 16.6 Å². The van der Waals surface area contributed by atoms with Crippen LogP contribution in [-0.2, 0) is 0 Å². The van der Waals surface area contributed by atoms with E-state index in [2.05, 4.69) is 58.9 Å². The Balaban J connectivity index is 1.88. The molecule has 3 aromatic carbocycles.